The minimum atomic E-state index is -3.71. The minimum absolute atomic E-state index is 0.0727. The smallest absolute Gasteiger partial charge is 0.261 e. The number of amides is 1. The average Bonchev–Trinajstić information content (AvgIpc) is 3.07. The van der Waals surface area contributed by atoms with Crippen molar-refractivity contribution in [3.63, 3.8) is 0 Å². The average molecular weight is 367 g/mol. The van der Waals surface area contributed by atoms with Crippen LogP contribution >= 0.6 is 0 Å². The number of pyridine rings is 1. The number of rotatable bonds is 4. The van der Waals surface area contributed by atoms with Gasteiger partial charge in [0.15, 0.2) is 0 Å². The number of anilines is 2. The first-order valence-corrected chi connectivity index (χ1v) is 9.79. The van der Waals surface area contributed by atoms with Gasteiger partial charge in [0.2, 0.25) is 5.91 Å². The van der Waals surface area contributed by atoms with Crippen LogP contribution in [0, 0.1) is 0 Å². The topological polar surface area (TPSA) is 79.4 Å². The monoisotopic (exact) mass is 367 g/mol. The molecule has 0 saturated carbocycles. The molecule has 2 aromatic carbocycles. The quantitative estimate of drug-likeness (QED) is 0.768. The van der Waals surface area contributed by atoms with E-state index >= 15 is 0 Å². The van der Waals surface area contributed by atoms with Crippen molar-refractivity contribution < 1.29 is 13.2 Å². The van der Waals surface area contributed by atoms with E-state index < -0.39 is 10.0 Å². The summed E-state index contributed by atoms with van der Waals surface area (Å²) in [6.07, 6.45) is 3.06. The molecule has 1 aliphatic heterocycles. The Morgan fingerprint density at radius 1 is 1.04 bits per heavy atom. The summed E-state index contributed by atoms with van der Waals surface area (Å²) in [5.74, 6) is 0.0727. The normalized spacial score (nSPS) is 14.8. The maximum atomic E-state index is 12.6. The van der Waals surface area contributed by atoms with Crippen LogP contribution in [-0.2, 0) is 14.8 Å². The van der Waals surface area contributed by atoms with Gasteiger partial charge in [0.05, 0.1) is 10.4 Å². The Morgan fingerprint density at radius 2 is 1.85 bits per heavy atom. The zero-order valence-electron chi connectivity index (χ0n) is 13.9. The van der Waals surface area contributed by atoms with E-state index in [9.17, 15) is 13.2 Å². The van der Waals surface area contributed by atoms with E-state index in [4.69, 9.17) is 0 Å². The van der Waals surface area contributed by atoms with E-state index in [2.05, 4.69) is 9.71 Å². The molecule has 1 aliphatic rings. The van der Waals surface area contributed by atoms with Crippen LogP contribution in [0.25, 0.3) is 10.9 Å². The summed E-state index contributed by atoms with van der Waals surface area (Å²) in [6, 6.07) is 15.3. The largest absolute Gasteiger partial charge is 0.312 e. The lowest BCUT2D eigenvalue weighted by molar-refractivity contribution is -0.117. The summed E-state index contributed by atoms with van der Waals surface area (Å²) in [6.45, 7) is 0.675. The van der Waals surface area contributed by atoms with Crippen molar-refractivity contribution in [2.45, 2.75) is 17.7 Å². The van der Waals surface area contributed by atoms with Crippen molar-refractivity contribution in [1.29, 1.82) is 0 Å². The van der Waals surface area contributed by atoms with E-state index in [-0.39, 0.29) is 10.8 Å². The third kappa shape index (κ3) is 3.13. The number of carbonyl (C=O) groups is 1. The molecule has 26 heavy (non-hydrogen) atoms. The van der Waals surface area contributed by atoms with Crippen LogP contribution in [0.15, 0.2) is 65.7 Å². The highest BCUT2D eigenvalue weighted by atomic mass is 32.2. The molecule has 0 radical (unpaired) electrons. The molecule has 1 fully saturated rings. The van der Waals surface area contributed by atoms with Gasteiger partial charge in [-0.3, -0.25) is 14.5 Å². The van der Waals surface area contributed by atoms with Crippen LogP contribution in [0.4, 0.5) is 11.4 Å². The lowest BCUT2D eigenvalue weighted by Crippen LogP contribution is -2.23. The molecule has 1 saturated heterocycles. The van der Waals surface area contributed by atoms with E-state index in [1.807, 2.05) is 6.07 Å². The second kappa shape index (κ2) is 6.42. The van der Waals surface area contributed by atoms with E-state index in [1.54, 1.807) is 47.5 Å². The van der Waals surface area contributed by atoms with Crippen LogP contribution in [0.1, 0.15) is 12.8 Å². The molecule has 1 aromatic heterocycles. The zero-order chi connectivity index (χ0) is 18.1. The summed E-state index contributed by atoms with van der Waals surface area (Å²) in [5.41, 5.74) is 2.00. The Morgan fingerprint density at radius 3 is 2.58 bits per heavy atom. The molecule has 0 bridgehead atoms. The van der Waals surface area contributed by atoms with Crippen molar-refractivity contribution in [2.75, 3.05) is 16.2 Å². The van der Waals surface area contributed by atoms with Gasteiger partial charge < -0.3 is 4.90 Å². The zero-order valence-corrected chi connectivity index (χ0v) is 14.7. The number of nitrogens with one attached hydrogen (secondary N) is 1. The van der Waals surface area contributed by atoms with Gasteiger partial charge in [-0.05, 0) is 55.0 Å². The Balaban J connectivity index is 1.58. The van der Waals surface area contributed by atoms with Crippen molar-refractivity contribution in [1.82, 2.24) is 4.98 Å². The van der Waals surface area contributed by atoms with Gasteiger partial charge >= 0.3 is 0 Å². The predicted octanol–water partition coefficient (Wildman–Crippen LogP) is 3.16. The molecule has 1 N–H and O–H groups in total. The van der Waals surface area contributed by atoms with Crippen LogP contribution in [0.5, 0.6) is 0 Å². The number of fused-ring (bicyclic) bond motifs is 1. The fraction of sp³-hybridized carbons (Fsp3) is 0.158. The highest BCUT2D eigenvalue weighted by Gasteiger charge is 2.22. The first-order valence-electron chi connectivity index (χ1n) is 8.31. The lowest BCUT2D eigenvalue weighted by Gasteiger charge is -2.16. The molecule has 6 nitrogen and oxygen atoms in total. The number of nitrogens with zero attached hydrogens (tertiary/aromatic N) is 2. The van der Waals surface area contributed by atoms with Gasteiger partial charge in [0.25, 0.3) is 10.0 Å². The first kappa shape index (κ1) is 16.5. The summed E-state index contributed by atoms with van der Waals surface area (Å²) >= 11 is 0. The van der Waals surface area contributed by atoms with Gasteiger partial charge in [0.1, 0.15) is 0 Å². The number of hydrogen-bond acceptors (Lipinski definition) is 4. The molecule has 3 aromatic rings. The van der Waals surface area contributed by atoms with E-state index in [0.717, 1.165) is 23.0 Å². The molecule has 0 aliphatic carbocycles. The van der Waals surface area contributed by atoms with Crippen LogP contribution in [0.3, 0.4) is 0 Å². The number of aromatic nitrogens is 1. The van der Waals surface area contributed by atoms with Crippen molar-refractivity contribution in [3.05, 3.63) is 60.8 Å². The molecular weight excluding hydrogens is 350 g/mol. The number of carbonyl (C=O) groups excluding carboxylic acids is 1. The Kier molecular flexibility index (Phi) is 4.08. The Labute approximate surface area is 151 Å². The predicted molar refractivity (Wildman–Crippen MR) is 101 cm³/mol. The minimum Gasteiger partial charge on any atom is -0.312 e. The maximum Gasteiger partial charge on any atom is 0.261 e. The highest BCUT2D eigenvalue weighted by Crippen LogP contribution is 2.25. The van der Waals surface area contributed by atoms with Crippen LogP contribution in [0.2, 0.25) is 0 Å². The third-order valence-electron chi connectivity index (χ3n) is 4.39. The van der Waals surface area contributed by atoms with Crippen molar-refractivity contribution in [2.24, 2.45) is 0 Å². The summed E-state index contributed by atoms with van der Waals surface area (Å²) in [7, 11) is -3.71. The number of sulfonamides is 1. The van der Waals surface area contributed by atoms with Crippen LogP contribution < -0.4 is 9.62 Å². The van der Waals surface area contributed by atoms with Crippen molar-refractivity contribution >= 4 is 38.2 Å². The number of benzene rings is 2. The molecule has 0 unspecified atom stereocenters. The Hall–Kier alpha value is -2.93. The molecule has 4 rings (SSSR count). The van der Waals surface area contributed by atoms with Gasteiger partial charge in [-0.1, -0.05) is 6.07 Å². The third-order valence-corrected chi connectivity index (χ3v) is 5.78. The van der Waals surface area contributed by atoms with Crippen LogP contribution in [-0.4, -0.2) is 25.9 Å². The van der Waals surface area contributed by atoms with E-state index in [0.29, 0.717) is 18.7 Å². The second-order valence-corrected chi connectivity index (χ2v) is 7.84. The van der Waals surface area contributed by atoms with Gasteiger partial charge in [0, 0.05) is 35.9 Å². The fourth-order valence-electron chi connectivity index (χ4n) is 3.08. The molecule has 132 valence electrons. The van der Waals surface area contributed by atoms with Gasteiger partial charge in [-0.2, -0.15) is 0 Å². The maximum absolute atomic E-state index is 12.6. The molecule has 1 amide bonds. The molecule has 0 spiro atoms. The molecule has 7 heteroatoms. The fourth-order valence-corrected chi connectivity index (χ4v) is 4.13. The van der Waals surface area contributed by atoms with E-state index in [1.165, 1.54) is 12.1 Å². The molecule has 0 atom stereocenters. The summed E-state index contributed by atoms with van der Waals surface area (Å²) < 4.78 is 27.8. The highest BCUT2D eigenvalue weighted by molar-refractivity contribution is 7.92. The van der Waals surface area contributed by atoms with Gasteiger partial charge in [-0.25, -0.2) is 8.42 Å². The molecule has 2 heterocycles. The lowest BCUT2D eigenvalue weighted by atomic mass is 10.2. The second-order valence-electron chi connectivity index (χ2n) is 6.16. The standard InChI is InChI=1S/C19H17N3O3S/c23-19-4-2-12-22(19)16-6-8-17(9-7-16)26(24,25)21-15-5-10-18-14(13-15)3-1-11-20-18/h1,3,5-11,13,21H,2,4,12H2. The number of hydrogen-bond donors (Lipinski definition) is 1. The Bertz CT molecular complexity index is 1080. The molecular formula is C19H17N3O3S. The van der Waals surface area contributed by atoms with Gasteiger partial charge in [-0.15, -0.1) is 0 Å². The summed E-state index contributed by atoms with van der Waals surface area (Å²) in [5, 5.41) is 0.857. The SMILES string of the molecule is O=C1CCCN1c1ccc(S(=O)(=O)Nc2ccc3ncccc3c2)cc1. The van der Waals surface area contributed by atoms with Crippen molar-refractivity contribution in [3.8, 4) is 0 Å². The summed E-state index contributed by atoms with van der Waals surface area (Å²) in [4.78, 5) is 17.8. The first-order chi connectivity index (χ1) is 12.5.